The maximum Gasteiger partial charge on any atom is 0.239 e. The Kier molecular flexibility index (Phi) is 4.56. The predicted octanol–water partition coefficient (Wildman–Crippen LogP) is 2.90. The van der Waals surface area contributed by atoms with Crippen molar-refractivity contribution in [1.29, 1.82) is 0 Å². The van der Waals surface area contributed by atoms with Crippen LogP contribution in [0.1, 0.15) is 6.92 Å². The highest BCUT2D eigenvalue weighted by molar-refractivity contribution is 5.84. The molecule has 0 fully saturated rings. The van der Waals surface area contributed by atoms with Crippen LogP contribution in [0.15, 0.2) is 54.6 Å². The van der Waals surface area contributed by atoms with Gasteiger partial charge in [-0.2, -0.15) is 0 Å². The van der Waals surface area contributed by atoms with Gasteiger partial charge in [0.2, 0.25) is 5.91 Å². The van der Waals surface area contributed by atoms with E-state index in [1.165, 1.54) is 0 Å². The highest BCUT2D eigenvalue weighted by Crippen LogP contribution is 2.27. The Hall–Kier alpha value is -2.29. The zero-order chi connectivity index (χ0) is 13.5. The molecule has 0 atom stereocenters. The molecule has 0 saturated carbocycles. The maximum atomic E-state index is 11.5. The van der Waals surface area contributed by atoms with E-state index in [4.69, 9.17) is 0 Å². The molecule has 0 heterocycles. The Morgan fingerprint density at radius 3 is 2.42 bits per heavy atom. The van der Waals surface area contributed by atoms with E-state index in [0.717, 1.165) is 16.8 Å². The Morgan fingerprint density at radius 2 is 1.68 bits per heavy atom. The number of anilines is 1. The molecule has 0 radical (unpaired) electrons. The van der Waals surface area contributed by atoms with Gasteiger partial charge in [-0.25, -0.2) is 0 Å². The van der Waals surface area contributed by atoms with Crippen LogP contribution in [0.5, 0.6) is 0 Å². The number of hydrogen-bond donors (Lipinski definition) is 2. The fourth-order valence-corrected chi connectivity index (χ4v) is 1.94. The van der Waals surface area contributed by atoms with Gasteiger partial charge in [-0.1, -0.05) is 48.5 Å². The Labute approximate surface area is 113 Å². The number of carbonyl (C=O) groups is 1. The monoisotopic (exact) mass is 254 g/mol. The second-order valence-electron chi connectivity index (χ2n) is 4.22. The van der Waals surface area contributed by atoms with Gasteiger partial charge >= 0.3 is 0 Å². The molecule has 98 valence electrons. The number of carbonyl (C=O) groups excluding carboxylic acids is 1. The van der Waals surface area contributed by atoms with Crippen molar-refractivity contribution in [3.8, 4) is 11.1 Å². The molecule has 19 heavy (non-hydrogen) atoms. The normalized spacial score (nSPS) is 9.95. The second kappa shape index (κ2) is 6.59. The quantitative estimate of drug-likeness (QED) is 0.861. The van der Waals surface area contributed by atoms with Crippen LogP contribution in [0.2, 0.25) is 0 Å². The van der Waals surface area contributed by atoms with Gasteiger partial charge in [0.05, 0.1) is 6.54 Å². The molecule has 2 aromatic carbocycles. The minimum absolute atomic E-state index is 0.00497. The molecule has 0 aliphatic heterocycles. The summed E-state index contributed by atoms with van der Waals surface area (Å²) in [4.78, 5) is 11.5. The van der Waals surface area contributed by atoms with Crippen molar-refractivity contribution in [3.05, 3.63) is 54.6 Å². The van der Waals surface area contributed by atoms with Crippen LogP contribution in [0.4, 0.5) is 5.69 Å². The maximum absolute atomic E-state index is 11.5. The van der Waals surface area contributed by atoms with E-state index in [-0.39, 0.29) is 12.5 Å². The number of amides is 1. The van der Waals surface area contributed by atoms with Crippen LogP contribution in [0, 0.1) is 0 Å². The number of benzene rings is 2. The van der Waals surface area contributed by atoms with Crippen molar-refractivity contribution >= 4 is 11.6 Å². The SMILES string of the molecule is CCNC(=O)CNc1ccccc1-c1ccccc1. The van der Waals surface area contributed by atoms with Gasteiger partial charge in [-0.05, 0) is 18.6 Å². The van der Waals surface area contributed by atoms with Gasteiger partial charge in [-0.15, -0.1) is 0 Å². The van der Waals surface area contributed by atoms with Crippen molar-refractivity contribution in [1.82, 2.24) is 5.32 Å². The summed E-state index contributed by atoms with van der Waals surface area (Å²) in [6, 6.07) is 18.1. The minimum atomic E-state index is 0.00497. The molecule has 0 aliphatic carbocycles. The molecule has 0 aliphatic rings. The summed E-state index contributed by atoms with van der Waals surface area (Å²) >= 11 is 0. The number of para-hydroxylation sites is 1. The molecular formula is C16H18N2O. The molecule has 2 aromatic rings. The third-order valence-electron chi connectivity index (χ3n) is 2.83. The van der Waals surface area contributed by atoms with Crippen molar-refractivity contribution in [2.75, 3.05) is 18.4 Å². The number of hydrogen-bond acceptors (Lipinski definition) is 2. The highest BCUT2D eigenvalue weighted by atomic mass is 16.1. The van der Waals surface area contributed by atoms with Crippen molar-refractivity contribution < 1.29 is 4.79 Å². The number of nitrogens with one attached hydrogen (secondary N) is 2. The first-order chi connectivity index (χ1) is 9.31. The van der Waals surface area contributed by atoms with E-state index in [1.807, 2.05) is 43.3 Å². The van der Waals surface area contributed by atoms with E-state index in [9.17, 15) is 4.79 Å². The lowest BCUT2D eigenvalue weighted by atomic mass is 10.0. The van der Waals surface area contributed by atoms with Gasteiger partial charge in [-0.3, -0.25) is 4.79 Å². The van der Waals surface area contributed by atoms with Crippen LogP contribution in [0.25, 0.3) is 11.1 Å². The summed E-state index contributed by atoms with van der Waals surface area (Å²) in [5.74, 6) is 0.00497. The Balaban J connectivity index is 2.15. The standard InChI is InChI=1S/C16H18N2O/c1-2-17-16(19)12-18-15-11-7-6-10-14(15)13-8-4-3-5-9-13/h3-11,18H,2,12H2,1H3,(H,17,19). The van der Waals surface area contributed by atoms with Crippen molar-refractivity contribution in [2.24, 2.45) is 0 Å². The number of rotatable bonds is 5. The van der Waals surface area contributed by atoms with E-state index in [0.29, 0.717) is 6.54 Å². The van der Waals surface area contributed by atoms with Crippen LogP contribution in [-0.2, 0) is 4.79 Å². The van der Waals surface area contributed by atoms with E-state index in [2.05, 4.69) is 28.8 Å². The zero-order valence-corrected chi connectivity index (χ0v) is 11.0. The van der Waals surface area contributed by atoms with Gasteiger partial charge < -0.3 is 10.6 Å². The van der Waals surface area contributed by atoms with E-state index < -0.39 is 0 Å². The molecule has 3 heteroatoms. The summed E-state index contributed by atoms with van der Waals surface area (Å²) in [5.41, 5.74) is 3.22. The summed E-state index contributed by atoms with van der Waals surface area (Å²) in [7, 11) is 0. The van der Waals surface area contributed by atoms with E-state index >= 15 is 0 Å². The first-order valence-corrected chi connectivity index (χ1v) is 6.46. The summed E-state index contributed by atoms with van der Waals surface area (Å²) in [6.07, 6.45) is 0. The average molecular weight is 254 g/mol. The average Bonchev–Trinajstić information content (AvgIpc) is 2.47. The Bertz CT molecular complexity index is 537. The molecule has 2 rings (SSSR count). The highest BCUT2D eigenvalue weighted by Gasteiger charge is 2.05. The third kappa shape index (κ3) is 3.58. The minimum Gasteiger partial charge on any atom is -0.376 e. The van der Waals surface area contributed by atoms with Gasteiger partial charge in [0, 0.05) is 17.8 Å². The summed E-state index contributed by atoms with van der Waals surface area (Å²) < 4.78 is 0. The van der Waals surface area contributed by atoms with E-state index in [1.54, 1.807) is 0 Å². The molecule has 0 unspecified atom stereocenters. The largest absolute Gasteiger partial charge is 0.376 e. The topological polar surface area (TPSA) is 41.1 Å². The van der Waals surface area contributed by atoms with Crippen LogP contribution in [-0.4, -0.2) is 19.0 Å². The molecular weight excluding hydrogens is 236 g/mol. The molecule has 3 nitrogen and oxygen atoms in total. The van der Waals surface area contributed by atoms with Crippen LogP contribution >= 0.6 is 0 Å². The fraction of sp³-hybridized carbons (Fsp3) is 0.188. The lowest BCUT2D eigenvalue weighted by Gasteiger charge is -2.12. The molecule has 0 bridgehead atoms. The fourth-order valence-electron chi connectivity index (χ4n) is 1.94. The second-order valence-corrected chi connectivity index (χ2v) is 4.22. The van der Waals surface area contributed by atoms with Crippen molar-refractivity contribution in [2.45, 2.75) is 6.92 Å². The van der Waals surface area contributed by atoms with Gasteiger partial charge in [0.25, 0.3) is 0 Å². The molecule has 2 N–H and O–H groups in total. The first-order valence-electron chi connectivity index (χ1n) is 6.46. The molecule has 1 amide bonds. The molecule has 0 saturated heterocycles. The van der Waals surface area contributed by atoms with Crippen LogP contribution < -0.4 is 10.6 Å². The lowest BCUT2D eigenvalue weighted by molar-refractivity contribution is -0.119. The summed E-state index contributed by atoms with van der Waals surface area (Å²) in [5, 5.41) is 5.96. The predicted molar refractivity (Wildman–Crippen MR) is 79.1 cm³/mol. The third-order valence-corrected chi connectivity index (χ3v) is 2.83. The first kappa shape index (κ1) is 13.1. The zero-order valence-electron chi connectivity index (χ0n) is 11.0. The summed E-state index contributed by atoms with van der Waals surface area (Å²) in [6.45, 7) is 2.86. The van der Waals surface area contributed by atoms with Crippen LogP contribution in [0.3, 0.4) is 0 Å². The number of likely N-dealkylation sites (N-methyl/N-ethyl adjacent to an activating group) is 1. The molecule has 0 aromatic heterocycles. The van der Waals surface area contributed by atoms with Gasteiger partial charge in [0.15, 0.2) is 0 Å². The smallest absolute Gasteiger partial charge is 0.239 e. The van der Waals surface area contributed by atoms with Gasteiger partial charge in [0.1, 0.15) is 0 Å². The van der Waals surface area contributed by atoms with Crippen molar-refractivity contribution in [3.63, 3.8) is 0 Å². The Morgan fingerprint density at radius 1 is 1.00 bits per heavy atom. The molecule has 0 spiro atoms. The lowest BCUT2D eigenvalue weighted by Crippen LogP contribution is -2.29.